The van der Waals surface area contributed by atoms with Crippen molar-refractivity contribution in [1.82, 2.24) is 4.90 Å². The minimum atomic E-state index is 0.801. The maximum atomic E-state index is 5.94. The molecule has 2 aliphatic carbocycles. The van der Waals surface area contributed by atoms with Crippen LogP contribution in [0.2, 0.25) is 0 Å². The first-order valence-corrected chi connectivity index (χ1v) is 7.82. The molecule has 3 aliphatic rings. The molecule has 1 heterocycles. The van der Waals surface area contributed by atoms with Crippen LogP contribution in [-0.2, 0) is 0 Å². The number of likely N-dealkylation sites (tertiary alicyclic amines) is 1. The van der Waals surface area contributed by atoms with Crippen LogP contribution in [0, 0.1) is 17.8 Å². The van der Waals surface area contributed by atoms with Gasteiger partial charge < -0.3 is 5.73 Å². The van der Waals surface area contributed by atoms with Crippen molar-refractivity contribution in [3.63, 3.8) is 0 Å². The molecule has 3 rings (SSSR count). The van der Waals surface area contributed by atoms with Gasteiger partial charge in [0.1, 0.15) is 0 Å². The molecule has 0 spiro atoms. The average Bonchev–Trinajstić information content (AvgIpc) is 2.86. The van der Waals surface area contributed by atoms with E-state index in [1.165, 1.54) is 64.5 Å². The number of nitrogens with zero attached hydrogens (tertiary/aromatic N) is 1. The van der Waals surface area contributed by atoms with Crippen LogP contribution >= 0.6 is 0 Å². The molecule has 0 aromatic heterocycles. The van der Waals surface area contributed by atoms with Crippen LogP contribution in [0.25, 0.3) is 0 Å². The highest BCUT2D eigenvalue weighted by Crippen LogP contribution is 2.39. The number of rotatable bonds is 2. The van der Waals surface area contributed by atoms with Gasteiger partial charge in [-0.3, -0.25) is 4.90 Å². The molecule has 1 saturated heterocycles. The van der Waals surface area contributed by atoms with Crippen molar-refractivity contribution in [3.05, 3.63) is 0 Å². The molecule has 0 bridgehead atoms. The van der Waals surface area contributed by atoms with Gasteiger partial charge in [0.05, 0.1) is 0 Å². The van der Waals surface area contributed by atoms with E-state index in [1.807, 2.05) is 0 Å². The third-order valence-corrected chi connectivity index (χ3v) is 5.71. The minimum absolute atomic E-state index is 0.801. The highest BCUT2D eigenvalue weighted by molar-refractivity contribution is 4.91. The summed E-state index contributed by atoms with van der Waals surface area (Å²) in [5, 5.41) is 0. The third-order valence-electron chi connectivity index (χ3n) is 5.71. The molecule has 0 radical (unpaired) electrons. The molecule has 17 heavy (non-hydrogen) atoms. The zero-order chi connectivity index (χ0) is 11.7. The lowest BCUT2D eigenvalue weighted by Crippen LogP contribution is -2.49. The lowest BCUT2D eigenvalue weighted by Gasteiger charge is -2.45. The third kappa shape index (κ3) is 2.39. The van der Waals surface area contributed by atoms with E-state index >= 15 is 0 Å². The van der Waals surface area contributed by atoms with E-state index in [0.717, 1.165) is 30.3 Å². The van der Waals surface area contributed by atoms with E-state index in [1.54, 1.807) is 0 Å². The predicted octanol–water partition coefficient (Wildman–Crippen LogP) is 2.63. The normalized spacial score (nSPS) is 43.6. The van der Waals surface area contributed by atoms with E-state index in [9.17, 15) is 0 Å². The Morgan fingerprint density at radius 3 is 2.53 bits per heavy atom. The lowest BCUT2D eigenvalue weighted by molar-refractivity contribution is 0.0452. The first kappa shape index (κ1) is 12.0. The number of hydrogen-bond donors (Lipinski definition) is 1. The Kier molecular flexibility index (Phi) is 3.72. The number of fused-ring (bicyclic) bond motifs is 1. The Balaban J connectivity index is 1.61. The molecular weight excluding hydrogens is 208 g/mol. The fourth-order valence-corrected chi connectivity index (χ4v) is 4.70. The maximum Gasteiger partial charge on any atom is 0.0136 e. The quantitative estimate of drug-likeness (QED) is 0.798. The second-order valence-corrected chi connectivity index (χ2v) is 6.58. The predicted molar refractivity (Wildman–Crippen MR) is 71.8 cm³/mol. The van der Waals surface area contributed by atoms with Gasteiger partial charge in [-0.15, -0.1) is 0 Å². The van der Waals surface area contributed by atoms with E-state index in [-0.39, 0.29) is 0 Å². The number of hydrogen-bond acceptors (Lipinski definition) is 2. The van der Waals surface area contributed by atoms with Gasteiger partial charge in [0, 0.05) is 12.6 Å². The summed E-state index contributed by atoms with van der Waals surface area (Å²) in [7, 11) is 0. The van der Waals surface area contributed by atoms with Crippen LogP contribution in [0.3, 0.4) is 0 Å². The fourth-order valence-electron chi connectivity index (χ4n) is 4.70. The zero-order valence-corrected chi connectivity index (χ0v) is 11.1. The van der Waals surface area contributed by atoms with Crippen LogP contribution < -0.4 is 5.73 Å². The monoisotopic (exact) mass is 236 g/mol. The number of piperidine rings is 1. The van der Waals surface area contributed by atoms with Crippen molar-refractivity contribution in [3.8, 4) is 0 Å². The van der Waals surface area contributed by atoms with Crippen LogP contribution in [0.4, 0.5) is 0 Å². The Morgan fingerprint density at radius 2 is 1.71 bits per heavy atom. The first-order chi connectivity index (χ1) is 8.38. The largest absolute Gasteiger partial charge is 0.330 e. The topological polar surface area (TPSA) is 29.3 Å². The molecule has 2 N–H and O–H groups in total. The molecule has 2 nitrogen and oxygen atoms in total. The Labute approximate surface area is 106 Å². The first-order valence-electron chi connectivity index (χ1n) is 7.82. The summed E-state index contributed by atoms with van der Waals surface area (Å²) < 4.78 is 0. The molecule has 2 heteroatoms. The molecule has 0 amide bonds. The summed E-state index contributed by atoms with van der Waals surface area (Å²) in [6, 6.07) is 0.836. The van der Waals surface area contributed by atoms with Gasteiger partial charge in [0.2, 0.25) is 0 Å². The summed E-state index contributed by atoms with van der Waals surface area (Å²) >= 11 is 0. The van der Waals surface area contributed by atoms with Gasteiger partial charge in [-0.1, -0.05) is 25.7 Å². The summed E-state index contributed by atoms with van der Waals surface area (Å²) in [5.74, 6) is 2.89. The Bertz CT molecular complexity index is 253. The van der Waals surface area contributed by atoms with Crippen LogP contribution in [0.15, 0.2) is 0 Å². The molecule has 2 saturated carbocycles. The zero-order valence-electron chi connectivity index (χ0n) is 11.1. The summed E-state index contributed by atoms with van der Waals surface area (Å²) in [6.45, 7) is 3.67. The second kappa shape index (κ2) is 5.27. The highest BCUT2D eigenvalue weighted by Gasteiger charge is 2.37. The lowest BCUT2D eigenvalue weighted by atomic mass is 9.74. The van der Waals surface area contributed by atoms with Crippen molar-refractivity contribution in [2.24, 2.45) is 23.5 Å². The molecule has 0 aromatic carbocycles. The molecule has 3 fully saturated rings. The fraction of sp³-hybridized carbons (Fsp3) is 1.00. The minimum Gasteiger partial charge on any atom is -0.330 e. The molecule has 1 aliphatic heterocycles. The van der Waals surface area contributed by atoms with Crippen LogP contribution in [0.1, 0.15) is 51.4 Å². The van der Waals surface area contributed by atoms with E-state index < -0.39 is 0 Å². The van der Waals surface area contributed by atoms with Gasteiger partial charge in [0.25, 0.3) is 0 Å². The van der Waals surface area contributed by atoms with Crippen LogP contribution in [-0.4, -0.2) is 30.6 Å². The number of nitrogens with two attached hydrogens (primary N) is 1. The Morgan fingerprint density at radius 1 is 0.882 bits per heavy atom. The summed E-state index contributed by atoms with van der Waals surface area (Å²) in [5.41, 5.74) is 5.94. The molecule has 4 atom stereocenters. The van der Waals surface area contributed by atoms with Crippen molar-refractivity contribution in [2.45, 2.75) is 57.4 Å². The molecule has 98 valence electrons. The van der Waals surface area contributed by atoms with Crippen molar-refractivity contribution in [2.75, 3.05) is 19.6 Å². The second-order valence-electron chi connectivity index (χ2n) is 6.58. The Hall–Kier alpha value is -0.0800. The van der Waals surface area contributed by atoms with Crippen LogP contribution in [0.5, 0.6) is 0 Å². The van der Waals surface area contributed by atoms with Gasteiger partial charge in [-0.05, 0) is 56.5 Å². The highest BCUT2D eigenvalue weighted by atomic mass is 15.2. The van der Waals surface area contributed by atoms with Gasteiger partial charge in [0.15, 0.2) is 0 Å². The van der Waals surface area contributed by atoms with E-state index in [0.29, 0.717) is 0 Å². The van der Waals surface area contributed by atoms with Crippen molar-refractivity contribution < 1.29 is 0 Å². The van der Waals surface area contributed by atoms with Gasteiger partial charge in [-0.2, -0.15) is 0 Å². The smallest absolute Gasteiger partial charge is 0.0136 e. The summed E-state index contributed by atoms with van der Waals surface area (Å²) in [6.07, 6.45) is 11.7. The van der Waals surface area contributed by atoms with Crippen molar-refractivity contribution in [1.29, 1.82) is 0 Å². The SMILES string of the molecule is NCC1CCCC1N1CCC2CCCCC2C1. The van der Waals surface area contributed by atoms with Crippen molar-refractivity contribution >= 4 is 0 Å². The molecular formula is C15H28N2. The molecule has 4 unspecified atom stereocenters. The van der Waals surface area contributed by atoms with Gasteiger partial charge in [-0.25, -0.2) is 0 Å². The van der Waals surface area contributed by atoms with E-state index in [2.05, 4.69) is 4.90 Å². The van der Waals surface area contributed by atoms with E-state index in [4.69, 9.17) is 5.73 Å². The molecule has 0 aromatic rings. The van der Waals surface area contributed by atoms with Gasteiger partial charge >= 0.3 is 0 Å². The maximum absolute atomic E-state index is 5.94. The standard InChI is InChI=1S/C15H28N2/c16-10-13-6-3-7-15(13)17-9-8-12-4-1-2-5-14(12)11-17/h12-15H,1-11,16H2. The summed E-state index contributed by atoms with van der Waals surface area (Å²) in [4.78, 5) is 2.82. The average molecular weight is 236 g/mol.